The Morgan fingerprint density at radius 3 is 3.05 bits per heavy atom. The number of esters is 1. The van der Waals surface area contributed by atoms with Crippen LogP contribution in [0.1, 0.15) is 25.7 Å². The standard InChI is InChI=1S/C14H18Cl2N2O3/c1-21-13(19)14(20)5-3-2-4-9(14)7-17-11-6-12(16)18-8-10(11)15/h6,8-9,20H,2-5,7H2,1H3,(H,17,18)/t9-,14+/m0/s1. The predicted molar refractivity (Wildman–Crippen MR) is 81.7 cm³/mol. The van der Waals surface area contributed by atoms with E-state index in [0.29, 0.717) is 28.8 Å². The Morgan fingerprint density at radius 1 is 1.57 bits per heavy atom. The van der Waals surface area contributed by atoms with E-state index in [0.717, 1.165) is 19.3 Å². The van der Waals surface area contributed by atoms with Crippen LogP contribution in [0.25, 0.3) is 0 Å². The second-order valence-corrected chi connectivity index (χ2v) is 6.02. The Hall–Kier alpha value is -1.04. The van der Waals surface area contributed by atoms with E-state index in [1.165, 1.54) is 13.3 Å². The van der Waals surface area contributed by atoms with Gasteiger partial charge in [0.1, 0.15) is 5.15 Å². The lowest BCUT2D eigenvalue weighted by Crippen LogP contribution is -2.51. The number of hydrogen-bond donors (Lipinski definition) is 2. The molecule has 5 nitrogen and oxygen atoms in total. The molecule has 1 aromatic heterocycles. The zero-order valence-electron chi connectivity index (χ0n) is 11.7. The van der Waals surface area contributed by atoms with E-state index in [1.54, 1.807) is 6.07 Å². The molecule has 0 amide bonds. The highest BCUT2D eigenvalue weighted by Crippen LogP contribution is 2.35. The van der Waals surface area contributed by atoms with Crippen LogP contribution in [-0.2, 0) is 9.53 Å². The van der Waals surface area contributed by atoms with Gasteiger partial charge in [0, 0.05) is 24.7 Å². The Labute approximate surface area is 133 Å². The van der Waals surface area contributed by atoms with Crippen LogP contribution in [-0.4, -0.2) is 35.3 Å². The molecule has 0 bridgehead atoms. The van der Waals surface area contributed by atoms with Crippen LogP contribution in [0.2, 0.25) is 10.2 Å². The van der Waals surface area contributed by atoms with Gasteiger partial charge in [-0.15, -0.1) is 0 Å². The highest BCUT2D eigenvalue weighted by molar-refractivity contribution is 6.34. The number of ether oxygens (including phenoxy) is 1. The molecule has 0 aliphatic heterocycles. The molecule has 1 aliphatic carbocycles. The third kappa shape index (κ3) is 3.59. The van der Waals surface area contributed by atoms with E-state index in [4.69, 9.17) is 27.9 Å². The normalized spacial score (nSPS) is 25.4. The molecule has 1 fully saturated rings. The minimum Gasteiger partial charge on any atom is -0.467 e. The summed E-state index contributed by atoms with van der Waals surface area (Å²) in [5.74, 6) is -0.811. The van der Waals surface area contributed by atoms with Crippen molar-refractivity contribution in [3.63, 3.8) is 0 Å². The van der Waals surface area contributed by atoms with Crippen molar-refractivity contribution in [2.24, 2.45) is 5.92 Å². The largest absolute Gasteiger partial charge is 0.467 e. The molecule has 21 heavy (non-hydrogen) atoms. The van der Waals surface area contributed by atoms with Gasteiger partial charge in [-0.3, -0.25) is 0 Å². The number of carbonyl (C=O) groups is 1. The molecule has 0 unspecified atom stereocenters. The van der Waals surface area contributed by atoms with Crippen molar-refractivity contribution in [2.45, 2.75) is 31.3 Å². The van der Waals surface area contributed by atoms with Gasteiger partial charge < -0.3 is 15.2 Å². The Bertz CT molecular complexity index is 527. The summed E-state index contributed by atoms with van der Waals surface area (Å²) in [6, 6.07) is 1.61. The lowest BCUT2D eigenvalue weighted by molar-refractivity contribution is -0.172. The third-order valence-electron chi connectivity index (χ3n) is 3.94. The van der Waals surface area contributed by atoms with Gasteiger partial charge in [0.15, 0.2) is 5.60 Å². The number of carbonyl (C=O) groups excluding carboxylic acids is 1. The number of anilines is 1. The molecule has 1 aliphatic rings. The van der Waals surface area contributed by atoms with Gasteiger partial charge in [-0.05, 0) is 19.3 Å². The van der Waals surface area contributed by atoms with Crippen molar-refractivity contribution in [1.29, 1.82) is 0 Å². The minimum absolute atomic E-state index is 0.235. The zero-order valence-corrected chi connectivity index (χ0v) is 13.2. The average Bonchev–Trinajstić information content (AvgIpc) is 2.48. The zero-order chi connectivity index (χ0) is 15.5. The summed E-state index contributed by atoms with van der Waals surface area (Å²) in [6.45, 7) is 0.408. The predicted octanol–water partition coefficient (Wildman–Crippen LogP) is 2.89. The van der Waals surface area contributed by atoms with Crippen molar-refractivity contribution >= 4 is 34.9 Å². The second kappa shape index (κ2) is 6.81. The van der Waals surface area contributed by atoms with Crippen LogP contribution >= 0.6 is 23.2 Å². The highest BCUT2D eigenvalue weighted by atomic mass is 35.5. The van der Waals surface area contributed by atoms with Crippen molar-refractivity contribution in [1.82, 2.24) is 4.98 Å². The van der Waals surface area contributed by atoms with Gasteiger partial charge >= 0.3 is 5.97 Å². The molecule has 1 saturated carbocycles. The molecular weight excluding hydrogens is 315 g/mol. The molecule has 116 valence electrons. The summed E-state index contributed by atoms with van der Waals surface area (Å²) in [6.07, 6.45) is 4.39. The number of aliphatic hydroxyl groups is 1. The van der Waals surface area contributed by atoms with Crippen LogP contribution < -0.4 is 5.32 Å². The number of nitrogens with one attached hydrogen (secondary N) is 1. The molecule has 2 rings (SSSR count). The van der Waals surface area contributed by atoms with Gasteiger partial charge in [-0.1, -0.05) is 29.6 Å². The first kappa shape index (κ1) is 16.3. The van der Waals surface area contributed by atoms with Crippen molar-refractivity contribution in [2.75, 3.05) is 19.0 Å². The van der Waals surface area contributed by atoms with Gasteiger partial charge in [0.25, 0.3) is 0 Å². The van der Waals surface area contributed by atoms with Gasteiger partial charge in [0.2, 0.25) is 0 Å². The summed E-state index contributed by atoms with van der Waals surface area (Å²) in [5.41, 5.74) is -0.807. The maximum Gasteiger partial charge on any atom is 0.338 e. The number of methoxy groups -OCH3 is 1. The van der Waals surface area contributed by atoms with E-state index in [9.17, 15) is 9.90 Å². The summed E-state index contributed by atoms with van der Waals surface area (Å²) in [4.78, 5) is 15.7. The van der Waals surface area contributed by atoms with Crippen LogP contribution in [0.5, 0.6) is 0 Å². The molecule has 0 aromatic carbocycles. The third-order valence-corrected chi connectivity index (χ3v) is 4.44. The minimum atomic E-state index is -1.44. The number of aromatic nitrogens is 1. The van der Waals surface area contributed by atoms with Crippen LogP contribution in [0, 0.1) is 5.92 Å². The molecule has 0 radical (unpaired) electrons. The number of halogens is 2. The molecule has 1 heterocycles. The van der Waals surface area contributed by atoms with Crippen LogP contribution in [0.4, 0.5) is 5.69 Å². The van der Waals surface area contributed by atoms with E-state index < -0.39 is 11.6 Å². The smallest absolute Gasteiger partial charge is 0.338 e. The van der Waals surface area contributed by atoms with Crippen molar-refractivity contribution < 1.29 is 14.6 Å². The monoisotopic (exact) mass is 332 g/mol. The number of hydrogen-bond acceptors (Lipinski definition) is 5. The molecule has 2 atom stereocenters. The van der Waals surface area contributed by atoms with E-state index >= 15 is 0 Å². The SMILES string of the molecule is COC(=O)[C@@]1(O)CCCC[C@H]1CNc1cc(Cl)ncc1Cl. The lowest BCUT2D eigenvalue weighted by atomic mass is 9.75. The maximum atomic E-state index is 11.9. The van der Waals surface area contributed by atoms with Crippen LogP contribution in [0.15, 0.2) is 12.3 Å². The Morgan fingerprint density at radius 2 is 2.33 bits per heavy atom. The van der Waals surface area contributed by atoms with Gasteiger partial charge in [0.05, 0.1) is 17.8 Å². The maximum absolute atomic E-state index is 11.9. The van der Waals surface area contributed by atoms with Crippen molar-refractivity contribution in [3.8, 4) is 0 Å². The average molecular weight is 333 g/mol. The second-order valence-electron chi connectivity index (χ2n) is 5.23. The number of nitrogens with zero attached hydrogens (tertiary/aromatic N) is 1. The summed E-state index contributed by atoms with van der Waals surface area (Å²) in [7, 11) is 1.29. The summed E-state index contributed by atoms with van der Waals surface area (Å²) in [5, 5.41) is 14.5. The fourth-order valence-electron chi connectivity index (χ4n) is 2.73. The summed E-state index contributed by atoms with van der Waals surface area (Å²) >= 11 is 11.9. The molecular formula is C14H18Cl2N2O3. The molecule has 0 saturated heterocycles. The number of rotatable bonds is 4. The molecule has 2 N–H and O–H groups in total. The fraction of sp³-hybridized carbons (Fsp3) is 0.571. The topological polar surface area (TPSA) is 71.5 Å². The fourth-order valence-corrected chi connectivity index (χ4v) is 3.05. The van der Waals surface area contributed by atoms with Gasteiger partial charge in [-0.25, -0.2) is 9.78 Å². The Balaban J connectivity index is 2.09. The summed E-state index contributed by atoms with van der Waals surface area (Å²) < 4.78 is 4.74. The number of pyridine rings is 1. The molecule has 1 aromatic rings. The van der Waals surface area contributed by atoms with Crippen LogP contribution in [0.3, 0.4) is 0 Å². The van der Waals surface area contributed by atoms with Gasteiger partial charge in [-0.2, -0.15) is 0 Å². The first-order chi connectivity index (χ1) is 9.97. The first-order valence-electron chi connectivity index (χ1n) is 6.83. The Kier molecular flexibility index (Phi) is 5.30. The molecule has 0 spiro atoms. The lowest BCUT2D eigenvalue weighted by Gasteiger charge is -2.37. The van der Waals surface area contributed by atoms with E-state index in [1.807, 2.05) is 0 Å². The highest BCUT2D eigenvalue weighted by Gasteiger charge is 2.46. The van der Waals surface area contributed by atoms with E-state index in [2.05, 4.69) is 10.3 Å². The van der Waals surface area contributed by atoms with Crippen molar-refractivity contribution in [3.05, 3.63) is 22.4 Å². The first-order valence-corrected chi connectivity index (χ1v) is 7.58. The quantitative estimate of drug-likeness (QED) is 0.655. The molecule has 7 heteroatoms. The van der Waals surface area contributed by atoms with E-state index in [-0.39, 0.29) is 5.92 Å².